The predicted octanol–water partition coefficient (Wildman–Crippen LogP) is 1.67. The van der Waals surface area contributed by atoms with Crippen LogP contribution in [0.4, 0.5) is 5.69 Å². The van der Waals surface area contributed by atoms with E-state index >= 15 is 0 Å². The third-order valence-electron chi connectivity index (χ3n) is 1.82. The molecule has 0 atom stereocenters. The number of benzene rings is 1. The van der Waals surface area contributed by atoms with Gasteiger partial charge in [0.15, 0.2) is 9.84 Å². The molecule has 0 aliphatic carbocycles. The molecular formula is C9H13NO3S. The molecule has 0 aliphatic rings. The Morgan fingerprint density at radius 3 is 2.57 bits per heavy atom. The number of anilines is 1. The molecule has 0 saturated heterocycles. The Morgan fingerprint density at radius 1 is 1.36 bits per heavy atom. The fourth-order valence-electron chi connectivity index (χ4n) is 1.21. The van der Waals surface area contributed by atoms with Crippen molar-refractivity contribution in [3.8, 4) is 0 Å². The van der Waals surface area contributed by atoms with Gasteiger partial charge in [0.25, 0.3) is 0 Å². The summed E-state index contributed by atoms with van der Waals surface area (Å²) in [5.74, 6) is 0.0890. The van der Waals surface area contributed by atoms with E-state index < -0.39 is 9.84 Å². The lowest BCUT2D eigenvalue weighted by molar-refractivity contribution is 0.387. The maximum Gasteiger partial charge on any atom is 0.180 e. The molecular weight excluding hydrogens is 202 g/mol. The summed E-state index contributed by atoms with van der Waals surface area (Å²) in [6.07, 6.45) is 0.558. The van der Waals surface area contributed by atoms with Gasteiger partial charge in [-0.1, -0.05) is 19.1 Å². The summed E-state index contributed by atoms with van der Waals surface area (Å²) in [6.45, 7) is 1.80. The second-order valence-electron chi connectivity index (χ2n) is 2.93. The normalized spacial score (nSPS) is 11.3. The standard InChI is InChI=1S/C9H13NO3S/c1-2-7-14(12,13)9-6-4-3-5-8(9)10-11/h3-6,10-11H,2,7H2,1H3. The van der Waals surface area contributed by atoms with Gasteiger partial charge in [0, 0.05) is 0 Å². The van der Waals surface area contributed by atoms with E-state index in [1.54, 1.807) is 19.1 Å². The Kier molecular flexibility index (Phi) is 3.49. The number of hydrogen-bond donors (Lipinski definition) is 2. The van der Waals surface area contributed by atoms with E-state index in [2.05, 4.69) is 0 Å². The van der Waals surface area contributed by atoms with Crippen molar-refractivity contribution in [3.63, 3.8) is 0 Å². The lowest BCUT2D eigenvalue weighted by Crippen LogP contribution is -2.08. The summed E-state index contributed by atoms with van der Waals surface area (Å²) in [4.78, 5) is 0.143. The molecule has 0 spiro atoms. The summed E-state index contributed by atoms with van der Waals surface area (Å²) < 4.78 is 23.3. The minimum atomic E-state index is -3.28. The molecule has 0 radical (unpaired) electrons. The first-order valence-corrected chi connectivity index (χ1v) is 5.99. The van der Waals surface area contributed by atoms with E-state index in [4.69, 9.17) is 5.21 Å². The highest BCUT2D eigenvalue weighted by molar-refractivity contribution is 7.91. The minimum absolute atomic E-state index is 0.0890. The van der Waals surface area contributed by atoms with Gasteiger partial charge in [-0.2, -0.15) is 0 Å². The van der Waals surface area contributed by atoms with Gasteiger partial charge in [-0.3, -0.25) is 10.7 Å². The lowest BCUT2D eigenvalue weighted by Gasteiger charge is -2.07. The van der Waals surface area contributed by atoms with E-state index in [1.165, 1.54) is 12.1 Å². The molecule has 1 aromatic carbocycles. The topological polar surface area (TPSA) is 66.4 Å². The number of para-hydroxylation sites is 1. The first-order valence-electron chi connectivity index (χ1n) is 4.33. The zero-order valence-corrected chi connectivity index (χ0v) is 8.71. The first-order chi connectivity index (χ1) is 6.61. The molecule has 0 heterocycles. The summed E-state index contributed by atoms with van der Waals surface area (Å²) in [5, 5.41) is 8.74. The lowest BCUT2D eigenvalue weighted by atomic mass is 10.3. The molecule has 14 heavy (non-hydrogen) atoms. The number of sulfone groups is 1. The maximum atomic E-state index is 11.7. The van der Waals surface area contributed by atoms with Crippen LogP contribution < -0.4 is 5.48 Å². The van der Waals surface area contributed by atoms with Crippen molar-refractivity contribution < 1.29 is 13.6 Å². The average molecular weight is 215 g/mol. The van der Waals surface area contributed by atoms with Gasteiger partial charge in [0.05, 0.1) is 16.3 Å². The van der Waals surface area contributed by atoms with Gasteiger partial charge in [0.2, 0.25) is 0 Å². The molecule has 2 N–H and O–H groups in total. The molecule has 0 fully saturated rings. The van der Waals surface area contributed by atoms with E-state index in [1.807, 2.05) is 5.48 Å². The molecule has 4 nitrogen and oxygen atoms in total. The summed E-state index contributed by atoms with van der Waals surface area (Å²) in [6, 6.07) is 6.28. The van der Waals surface area contributed by atoms with Crippen molar-refractivity contribution in [1.29, 1.82) is 0 Å². The third kappa shape index (κ3) is 2.24. The third-order valence-corrected chi connectivity index (χ3v) is 3.79. The quantitative estimate of drug-likeness (QED) is 0.750. The molecule has 78 valence electrons. The van der Waals surface area contributed by atoms with Crippen LogP contribution in [-0.4, -0.2) is 19.4 Å². The second-order valence-corrected chi connectivity index (χ2v) is 5.00. The van der Waals surface area contributed by atoms with Crippen LogP contribution in [0.1, 0.15) is 13.3 Å². The van der Waals surface area contributed by atoms with Crippen molar-refractivity contribution >= 4 is 15.5 Å². The Labute approximate surface area is 83.4 Å². The minimum Gasteiger partial charge on any atom is -0.291 e. The van der Waals surface area contributed by atoms with Crippen LogP contribution in [0.5, 0.6) is 0 Å². The molecule has 0 unspecified atom stereocenters. The summed E-state index contributed by atoms with van der Waals surface area (Å²) >= 11 is 0. The van der Waals surface area contributed by atoms with Crippen LogP contribution in [0.25, 0.3) is 0 Å². The largest absolute Gasteiger partial charge is 0.291 e. The van der Waals surface area contributed by atoms with E-state index in [0.717, 1.165) is 0 Å². The van der Waals surface area contributed by atoms with Crippen LogP contribution in [-0.2, 0) is 9.84 Å². The zero-order valence-electron chi connectivity index (χ0n) is 7.90. The highest BCUT2D eigenvalue weighted by Gasteiger charge is 2.16. The Hall–Kier alpha value is -1.07. The Morgan fingerprint density at radius 2 is 2.00 bits per heavy atom. The number of rotatable bonds is 4. The van der Waals surface area contributed by atoms with Crippen molar-refractivity contribution in [3.05, 3.63) is 24.3 Å². The maximum absolute atomic E-state index is 11.7. The Bertz CT molecular complexity index is 400. The highest BCUT2D eigenvalue weighted by Crippen LogP contribution is 2.21. The van der Waals surface area contributed by atoms with Crippen LogP contribution in [0.2, 0.25) is 0 Å². The molecule has 1 rings (SSSR count). The molecule has 5 heteroatoms. The molecule has 0 aliphatic heterocycles. The first kappa shape index (κ1) is 11.0. The van der Waals surface area contributed by atoms with E-state index in [0.29, 0.717) is 6.42 Å². The van der Waals surface area contributed by atoms with Crippen molar-refractivity contribution in [2.75, 3.05) is 11.2 Å². The smallest absolute Gasteiger partial charge is 0.180 e. The molecule has 1 aromatic rings. The summed E-state index contributed by atoms with van der Waals surface area (Å²) in [5.41, 5.74) is 2.10. The summed E-state index contributed by atoms with van der Waals surface area (Å²) in [7, 11) is -3.28. The van der Waals surface area contributed by atoms with Crippen molar-refractivity contribution in [2.24, 2.45) is 0 Å². The second kappa shape index (κ2) is 4.43. The van der Waals surface area contributed by atoms with Crippen LogP contribution in [0, 0.1) is 0 Å². The van der Waals surface area contributed by atoms with Crippen LogP contribution in [0.3, 0.4) is 0 Å². The van der Waals surface area contributed by atoms with Gasteiger partial charge in [-0.25, -0.2) is 8.42 Å². The SMILES string of the molecule is CCCS(=O)(=O)c1ccccc1NO. The highest BCUT2D eigenvalue weighted by atomic mass is 32.2. The van der Waals surface area contributed by atoms with Gasteiger partial charge < -0.3 is 0 Å². The monoisotopic (exact) mass is 215 g/mol. The molecule has 0 aromatic heterocycles. The van der Waals surface area contributed by atoms with Crippen molar-refractivity contribution in [2.45, 2.75) is 18.2 Å². The van der Waals surface area contributed by atoms with Crippen LogP contribution >= 0.6 is 0 Å². The molecule has 0 amide bonds. The van der Waals surface area contributed by atoms with Gasteiger partial charge >= 0.3 is 0 Å². The van der Waals surface area contributed by atoms with E-state index in [9.17, 15) is 8.42 Å². The number of hydrogen-bond acceptors (Lipinski definition) is 4. The van der Waals surface area contributed by atoms with Gasteiger partial charge in [-0.05, 0) is 18.6 Å². The number of nitrogens with one attached hydrogen (secondary N) is 1. The molecule has 0 saturated carbocycles. The Balaban J connectivity index is 3.18. The van der Waals surface area contributed by atoms with E-state index in [-0.39, 0.29) is 16.3 Å². The van der Waals surface area contributed by atoms with Gasteiger partial charge in [-0.15, -0.1) is 0 Å². The fraction of sp³-hybridized carbons (Fsp3) is 0.333. The fourth-order valence-corrected chi connectivity index (χ4v) is 2.70. The zero-order chi connectivity index (χ0) is 10.6. The van der Waals surface area contributed by atoms with Gasteiger partial charge in [0.1, 0.15) is 0 Å². The predicted molar refractivity (Wildman–Crippen MR) is 54.2 cm³/mol. The van der Waals surface area contributed by atoms with Crippen LogP contribution in [0.15, 0.2) is 29.2 Å². The van der Waals surface area contributed by atoms with Crippen molar-refractivity contribution in [1.82, 2.24) is 0 Å². The molecule has 0 bridgehead atoms. The average Bonchev–Trinajstić information content (AvgIpc) is 2.18.